The van der Waals surface area contributed by atoms with E-state index in [1.807, 2.05) is 18.2 Å². The van der Waals surface area contributed by atoms with Gasteiger partial charge in [0.05, 0.1) is 20.8 Å². The highest BCUT2D eigenvalue weighted by atomic mass is 35.5. The van der Waals surface area contributed by atoms with Crippen LogP contribution in [-0.2, 0) is 29.1 Å². The van der Waals surface area contributed by atoms with Crippen molar-refractivity contribution < 1.29 is 33.0 Å². The number of carbonyl (C=O) groups is 3. The van der Waals surface area contributed by atoms with Gasteiger partial charge in [0, 0.05) is 10.6 Å². The van der Waals surface area contributed by atoms with Crippen LogP contribution in [0.5, 0.6) is 11.5 Å². The van der Waals surface area contributed by atoms with Crippen molar-refractivity contribution in [2.24, 2.45) is 0 Å². The molecule has 0 saturated carbocycles. The number of hydrogen-bond acceptors (Lipinski definition) is 7. The first-order valence-electron chi connectivity index (χ1n) is 11.5. The van der Waals surface area contributed by atoms with Crippen molar-refractivity contribution in [3.63, 3.8) is 0 Å². The highest BCUT2D eigenvalue weighted by Gasteiger charge is 2.34. The van der Waals surface area contributed by atoms with E-state index in [9.17, 15) is 14.4 Å². The Labute approximate surface area is 224 Å². The third kappa shape index (κ3) is 5.90. The van der Waals surface area contributed by atoms with Gasteiger partial charge in [-0.3, -0.25) is 9.69 Å². The molecule has 0 atom stereocenters. The van der Waals surface area contributed by atoms with Gasteiger partial charge in [0.2, 0.25) is 5.76 Å². The zero-order valence-electron chi connectivity index (χ0n) is 20.8. The van der Waals surface area contributed by atoms with Gasteiger partial charge in [-0.1, -0.05) is 29.8 Å². The van der Waals surface area contributed by atoms with E-state index in [-0.39, 0.29) is 23.8 Å². The number of urea groups is 1. The van der Waals surface area contributed by atoms with E-state index >= 15 is 0 Å². The summed E-state index contributed by atoms with van der Waals surface area (Å²) in [6.07, 6.45) is 3.77. The third-order valence-electron chi connectivity index (χ3n) is 5.67. The van der Waals surface area contributed by atoms with Crippen molar-refractivity contribution in [3.05, 3.63) is 100 Å². The molecule has 1 saturated heterocycles. The molecule has 1 aliphatic heterocycles. The Balaban J connectivity index is 1.56. The van der Waals surface area contributed by atoms with Crippen LogP contribution < -0.4 is 14.8 Å². The van der Waals surface area contributed by atoms with Crippen LogP contribution in [0.15, 0.2) is 71.3 Å². The minimum atomic E-state index is -0.654. The fourth-order valence-electron chi connectivity index (χ4n) is 3.84. The molecule has 10 heteroatoms. The Kier molecular flexibility index (Phi) is 8.18. The van der Waals surface area contributed by atoms with Gasteiger partial charge < -0.3 is 23.9 Å². The minimum Gasteiger partial charge on any atom is -0.493 e. The van der Waals surface area contributed by atoms with Crippen molar-refractivity contribution in [2.45, 2.75) is 19.6 Å². The molecule has 2 heterocycles. The summed E-state index contributed by atoms with van der Waals surface area (Å²) in [6.45, 7) is 3.97. The monoisotopic (exact) mass is 536 g/mol. The molecular formula is C28H25ClN2O7. The number of nitrogens with one attached hydrogen (secondary N) is 1. The van der Waals surface area contributed by atoms with Crippen LogP contribution in [0.1, 0.15) is 33.0 Å². The first-order valence-corrected chi connectivity index (χ1v) is 11.9. The van der Waals surface area contributed by atoms with E-state index in [1.165, 1.54) is 26.4 Å². The number of imide groups is 1. The van der Waals surface area contributed by atoms with Crippen LogP contribution in [0.25, 0.3) is 6.08 Å². The molecule has 3 aromatic rings. The van der Waals surface area contributed by atoms with Crippen LogP contribution in [-0.4, -0.2) is 37.0 Å². The molecule has 196 valence electrons. The van der Waals surface area contributed by atoms with E-state index in [2.05, 4.69) is 16.6 Å². The number of carbonyl (C=O) groups excluding carboxylic acids is 3. The molecule has 38 heavy (non-hydrogen) atoms. The SMILES string of the molecule is C=CCc1cc(/C=C2\NC(=O)N(Cc3ccc(C(=O)OC)o3)C2=O)cc(OC)c1OCc1ccc(Cl)cc1. The largest absolute Gasteiger partial charge is 0.493 e. The average molecular weight is 537 g/mol. The predicted octanol–water partition coefficient (Wildman–Crippen LogP) is 5.13. The zero-order chi connectivity index (χ0) is 27.2. The fourth-order valence-corrected chi connectivity index (χ4v) is 3.96. The molecule has 1 N–H and O–H groups in total. The van der Waals surface area contributed by atoms with Crippen LogP contribution in [0, 0.1) is 0 Å². The Bertz CT molecular complexity index is 1410. The van der Waals surface area contributed by atoms with E-state index in [0.717, 1.165) is 16.0 Å². The van der Waals surface area contributed by atoms with Gasteiger partial charge >= 0.3 is 12.0 Å². The lowest BCUT2D eigenvalue weighted by Crippen LogP contribution is -2.30. The molecule has 0 aliphatic carbocycles. The molecule has 1 aliphatic rings. The molecule has 0 unspecified atom stereocenters. The maximum atomic E-state index is 13.0. The molecule has 1 fully saturated rings. The molecule has 9 nitrogen and oxygen atoms in total. The van der Waals surface area contributed by atoms with Crippen molar-refractivity contribution in [3.8, 4) is 11.5 Å². The normalized spacial score (nSPS) is 14.0. The summed E-state index contributed by atoms with van der Waals surface area (Å²) in [6, 6.07) is 13.2. The van der Waals surface area contributed by atoms with Crippen molar-refractivity contribution >= 4 is 35.6 Å². The highest BCUT2D eigenvalue weighted by molar-refractivity contribution is 6.30. The van der Waals surface area contributed by atoms with E-state index in [0.29, 0.717) is 35.1 Å². The molecule has 0 bridgehead atoms. The number of benzene rings is 2. The van der Waals surface area contributed by atoms with Gasteiger partial charge in [-0.05, 0) is 60.0 Å². The first kappa shape index (κ1) is 26.6. The number of rotatable bonds is 10. The van der Waals surface area contributed by atoms with Crippen molar-refractivity contribution in [1.29, 1.82) is 0 Å². The van der Waals surface area contributed by atoms with Gasteiger partial charge in [0.25, 0.3) is 5.91 Å². The van der Waals surface area contributed by atoms with Crippen molar-refractivity contribution in [1.82, 2.24) is 10.2 Å². The van der Waals surface area contributed by atoms with E-state index in [4.69, 9.17) is 25.5 Å². The molecule has 4 rings (SSSR count). The summed E-state index contributed by atoms with van der Waals surface area (Å²) < 4.78 is 21.7. The van der Waals surface area contributed by atoms with Crippen LogP contribution in [0.2, 0.25) is 5.02 Å². The highest BCUT2D eigenvalue weighted by Crippen LogP contribution is 2.35. The molecule has 0 spiro atoms. The molecule has 0 radical (unpaired) electrons. The van der Waals surface area contributed by atoms with Gasteiger partial charge in [-0.25, -0.2) is 9.59 Å². The minimum absolute atomic E-state index is 0.0227. The molecule has 2 aromatic carbocycles. The summed E-state index contributed by atoms with van der Waals surface area (Å²) >= 11 is 5.96. The fraction of sp³-hybridized carbons (Fsp3) is 0.179. The average Bonchev–Trinajstić information content (AvgIpc) is 3.49. The summed E-state index contributed by atoms with van der Waals surface area (Å²) in [7, 11) is 2.75. The Hall–Kier alpha value is -4.50. The lowest BCUT2D eigenvalue weighted by Gasteiger charge is -2.16. The van der Waals surface area contributed by atoms with E-state index < -0.39 is 17.9 Å². The number of hydrogen-bond donors (Lipinski definition) is 1. The maximum Gasteiger partial charge on any atom is 0.373 e. The number of nitrogens with zero attached hydrogens (tertiary/aromatic N) is 1. The van der Waals surface area contributed by atoms with Crippen LogP contribution in [0.3, 0.4) is 0 Å². The van der Waals surface area contributed by atoms with Gasteiger partial charge in [-0.2, -0.15) is 0 Å². The van der Waals surface area contributed by atoms with Gasteiger partial charge in [0.1, 0.15) is 18.1 Å². The van der Waals surface area contributed by atoms with Gasteiger partial charge in [-0.15, -0.1) is 6.58 Å². The van der Waals surface area contributed by atoms with Crippen LogP contribution in [0.4, 0.5) is 4.79 Å². The van der Waals surface area contributed by atoms with Crippen LogP contribution >= 0.6 is 11.6 Å². The topological polar surface area (TPSA) is 107 Å². The molecule has 1 aromatic heterocycles. The predicted molar refractivity (Wildman–Crippen MR) is 140 cm³/mol. The molecular weight excluding hydrogens is 512 g/mol. The van der Waals surface area contributed by atoms with Crippen molar-refractivity contribution in [2.75, 3.05) is 14.2 Å². The standard InChI is InChI=1S/C28H25ClN2O7/c1-4-5-19-12-18(14-24(35-2)25(19)37-16-17-6-8-20(29)9-7-17)13-22-26(32)31(28(34)30-22)15-21-10-11-23(38-21)27(33)36-3/h4,6-14H,1,5,15-16H2,2-3H3,(H,30,34)/b22-13-. The second kappa shape index (κ2) is 11.7. The van der Waals surface area contributed by atoms with E-state index in [1.54, 1.807) is 30.4 Å². The summed E-state index contributed by atoms with van der Waals surface area (Å²) in [5, 5.41) is 3.22. The third-order valence-corrected chi connectivity index (χ3v) is 5.92. The number of allylic oxidation sites excluding steroid dienone is 1. The Morgan fingerprint density at radius 1 is 1.13 bits per heavy atom. The van der Waals surface area contributed by atoms with Gasteiger partial charge in [0.15, 0.2) is 11.5 Å². The smallest absolute Gasteiger partial charge is 0.373 e. The number of amides is 3. The second-order valence-corrected chi connectivity index (χ2v) is 8.69. The second-order valence-electron chi connectivity index (χ2n) is 8.26. The Morgan fingerprint density at radius 3 is 2.58 bits per heavy atom. The summed E-state index contributed by atoms with van der Waals surface area (Å²) in [5.41, 5.74) is 2.42. The summed E-state index contributed by atoms with van der Waals surface area (Å²) in [5.74, 6) is 0.0480. The number of halogens is 1. The first-order chi connectivity index (χ1) is 18.3. The maximum absolute atomic E-state index is 13.0. The number of methoxy groups -OCH3 is 2. The summed E-state index contributed by atoms with van der Waals surface area (Å²) in [4.78, 5) is 38.1. The quantitative estimate of drug-likeness (QED) is 0.166. The lowest BCUT2D eigenvalue weighted by atomic mass is 10.0. The lowest BCUT2D eigenvalue weighted by molar-refractivity contribution is -0.123. The molecule has 3 amide bonds. The Morgan fingerprint density at radius 2 is 1.89 bits per heavy atom. The number of ether oxygens (including phenoxy) is 3. The number of furan rings is 1. The zero-order valence-corrected chi connectivity index (χ0v) is 21.5. The number of esters is 1.